The molecule has 2 N–H and O–H groups in total. The fraction of sp³-hybridized carbons (Fsp3) is 0.364. The molecule has 0 spiro atoms. The van der Waals surface area contributed by atoms with Crippen LogP contribution >= 0.6 is 31.9 Å². The molecular formula is C11H13Br2NO4S. The second-order valence-corrected chi connectivity index (χ2v) is 7.16. The highest BCUT2D eigenvalue weighted by atomic mass is 79.9. The molecule has 1 rings (SSSR count). The minimum absolute atomic E-state index is 0.0704. The number of alkyl halides is 2. The summed E-state index contributed by atoms with van der Waals surface area (Å²) in [5, 5.41) is 2.86. The van der Waals surface area contributed by atoms with Crippen molar-refractivity contribution in [3.05, 3.63) is 23.3 Å². The first-order valence-corrected chi connectivity index (χ1v) is 8.74. The van der Waals surface area contributed by atoms with E-state index in [1.807, 2.05) is 0 Å². The van der Waals surface area contributed by atoms with Gasteiger partial charge in [-0.3, -0.25) is 9.35 Å². The fourth-order valence-corrected chi connectivity index (χ4v) is 2.50. The highest BCUT2D eigenvalue weighted by Gasteiger charge is 2.21. The van der Waals surface area contributed by atoms with Crippen LogP contribution in [0.5, 0.6) is 0 Å². The third-order valence-electron chi connectivity index (χ3n) is 2.55. The summed E-state index contributed by atoms with van der Waals surface area (Å²) in [6.45, 7) is 3.51. The minimum atomic E-state index is -4.39. The van der Waals surface area contributed by atoms with Crippen molar-refractivity contribution in [2.45, 2.75) is 23.6 Å². The van der Waals surface area contributed by atoms with Gasteiger partial charge in [-0.15, -0.1) is 0 Å². The zero-order valence-corrected chi connectivity index (χ0v) is 14.3. The van der Waals surface area contributed by atoms with E-state index in [0.29, 0.717) is 10.9 Å². The number of halogens is 2. The molecule has 1 atom stereocenters. The summed E-state index contributed by atoms with van der Waals surface area (Å²) in [5.41, 5.74) is 1.59. The van der Waals surface area contributed by atoms with E-state index in [2.05, 4.69) is 37.2 Å². The van der Waals surface area contributed by atoms with Crippen molar-refractivity contribution in [2.75, 3.05) is 10.6 Å². The molecule has 0 radical (unpaired) electrons. The van der Waals surface area contributed by atoms with E-state index in [9.17, 15) is 17.8 Å². The lowest BCUT2D eigenvalue weighted by atomic mass is 10.1. The average Bonchev–Trinajstić information content (AvgIpc) is 2.30. The van der Waals surface area contributed by atoms with Crippen molar-refractivity contribution in [3.8, 4) is 0 Å². The molecule has 0 aromatic heterocycles. The molecule has 1 aromatic rings. The highest BCUT2D eigenvalue weighted by Crippen LogP contribution is 2.26. The van der Waals surface area contributed by atoms with Crippen molar-refractivity contribution in [1.29, 1.82) is 0 Å². The largest absolute Gasteiger partial charge is 0.324 e. The molecule has 8 heteroatoms. The maximum absolute atomic E-state index is 11.8. The van der Waals surface area contributed by atoms with Gasteiger partial charge in [0.1, 0.15) is 9.72 Å². The van der Waals surface area contributed by atoms with E-state index in [1.54, 1.807) is 13.8 Å². The van der Waals surface area contributed by atoms with Gasteiger partial charge in [0.15, 0.2) is 0 Å². The molecule has 19 heavy (non-hydrogen) atoms. The van der Waals surface area contributed by atoms with Gasteiger partial charge in [0, 0.05) is 5.33 Å². The van der Waals surface area contributed by atoms with E-state index < -0.39 is 20.9 Å². The Morgan fingerprint density at radius 3 is 2.37 bits per heavy atom. The number of carbonyl (C=O) groups excluding carboxylic acids is 1. The standard InChI is InChI=1S/C11H13Br2NO4S/c1-6-3-9(14-11(15)8(13)5-12)10(4-7(6)2)19(16,17)18/h3-4,8H,5H2,1-2H3,(H,14,15)(H,16,17,18). The number of amides is 1. The Bertz CT molecular complexity index is 601. The maximum Gasteiger partial charge on any atom is 0.296 e. The molecule has 0 saturated carbocycles. The fourth-order valence-electron chi connectivity index (χ4n) is 1.38. The summed E-state index contributed by atoms with van der Waals surface area (Å²) in [6, 6.07) is 2.85. The van der Waals surface area contributed by atoms with Gasteiger partial charge < -0.3 is 5.32 Å². The molecule has 5 nitrogen and oxygen atoms in total. The maximum atomic E-state index is 11.8. The zero-order valence-electron chi connectivity index (χ0n) is 10.3. The van der Waals surface area contributed by atoms with Crippen LogP contribution in [0.1, 0.15) is 11.1 Å². The normalized spacial score (nSPS) is 13.1. The van der Waals surface area contributed by atoms with Crippen LogP contribution in [0, 0.1) is 13.8 Å². The smallest absolute Gasteiger partial charge is 0.296 e. The molecule has 1 amide bonds. The summed E-state index contributed by atoms with van der Waals surface area (Å²) in [5.74, 6) is -0.398. The van der Waals surface area contributed by atoms with Gasteiger partial charge in [0.2, 0.25) is 5.91 Å². The minimum Gasteiger partial charge on any atom is -0.324 e. The lowest BCUT2D eigenvalue weighted by Crippen LogP contribution is -2.25. The molecule has 1 aromatic carbocycles. The highest BCUT2D eigenvalue weighted by molar-refractivity contribution is 9.12. The van der Waals surface area contributed by atoms with Gasteiger partial charge in [-0.1, -0.05) is 31.9 Å². The first kappa shape index (κ1) is 16.6. The van der Waals surface area contributed by atoms with Crippen LogP contribution in [0.4, 0.5) is 5.69 Å². The van der Waals surface area contributed by atoms with Crippen LogP contribution in [-0.4, -0.2) is 29.0 Å². The summed E-state index contributed by atoms with van der Waals surface area (Å²) in [7, 11) is -4.39. The number of aryl methyl sites for hydroxylation is 2. The number of anilines is 1. The van der Waals surface area contributed by atoms with Crippen molar-refractivity contribution < 1.29 is 17.8 Å². The summed E-state index contributed by atoms with van der Waals surface area (Å²) in [6.07, 6.45) is 0. The summed E-state index contributed by atoms with van der Waals surface area (Å²) in [4.78, 5) is 11.0. The molecule has 0 heterocycles. The van der Waals surface area contributed by atoms with Crippen molar-refractivity contribution in [2.24, 2.45) is 0 Å². The Kier molecular flexibility index (Phi) is 5.54. The monoisotopic (exact) mass is 413 g/mol. The first-order valence-electron chi connectivity index (χ1n) is 5.26. The van der Waals surface area contributed by atoms with Crippen LogP contribution in [0.25, 0.3) is 0 Å². The third kappa shape index (κ3) is 4.27. The quantitative estimate of drug-likeness (QED) is 0.585. The van der Waals surface area contributed by atoms with E-state index in [0.717, 1.165) is 5.56 Å². The lowest BCUT2D eigenvalue weighted by molar-refractivity contribution is -0.115. The molecule has 0 aliphatic carbocycles. The molecule has 0 aliphatic heterocycles. The molecular weight excluding hydrogens is 402 g/mol. The summed E-state index contributed by atoms with van der Waals surface area (Å²) < 4.78 is 31.8. The Morgan fingerprint density at radius 1 is 1.37 bits per heavy atom. The van der Waals surface area contributed by atoms with Crippen LogP contribution in [0.15, 0.2) is 17.0 Å². The van der Waals surface area contributed by atoms with E-state index in [4.69, 9.17) is 0 Å². The van der Waals surface area contributed by atoms with Gasteiger partial charge in [-0.25, -0.2) is 0 Å². The Morgan fingerprint density at radius 2 is 1.89 bits per heavy atom. The number of hydrogen-bond donors (Lipinski definition) is 2. The van der Waals surface area contributed by atoms with Gasteiger partial charge in [0.25, 0.3) is 10.1 Å². The third-order valence-corrected chi connectivity index (χ3v) is 5.70. The predicted molar refractivity (Wildman–Crippen MR) is 80.9 cm³/mol. The number of hydrogen-bond acceptors (Lipinski definition) is 3. The molecule has 0 fully saturated rings. The van der Waals surface area contributed by atoms with Crippen molar-refractivity contribution >= 4 is 53.6 Å². The lowest BCUT2D eigenvalue weighted by Gasteiger charge is -2.13. The van der Waals surface area contributed by atoms with E-state index >= 15 is 0 Å². The Labute approximate surface area is 128 Å². The first-order chi connectivity index (χ1) is 8.66. The van der Waals surface area contributed by atoms with Crippen LogP contribution in [0.2, 0.25) is 0 Å². The van der Waals surface area contributed by atoms with E-state index in [1.165, 1.54) is 12.1 Å². The second kappa shape index (κ2) is 6.34. The molecule has 106 valence electrons. The van der Waals surface area contributed by atoms with E-state index in [-0.39, 0.29) is 10.6 Å². The number of nitrogens with one attached hydrogen (secondary N) is 1. The van der Waals surface area contributed by atoms with Gasteiger partial charge in [-0.2, -0.15) is 8.42 Å². The number of carbonyl (C=O) groups is 1. The number of rotatable bonds is 4. The second-order valence-electron chi connectivity index (χ2n) is 4.02. The predicted octanol–water partition coefficient (Wildman–Crippen LogP) is 2.65. The zero-order chi connectivity index (χ0) is 14.8. The average molecular weight is 415 g/mol. The summed E-state index contributed by atoms with van der Waals surface area (Å²) >= 11 is 6.27. The van der Waals surface area contributed by atoms with Crippen molar-refractivity contribution in [3.63, 3.8) is 0 Å². The van der Waals surface area contributed by atoms with Gasteiger partial charge in [0.05, 0.1) is 5.69 Å². The number of benzene rings is 1. The van der Waals surface area contributed by atoms with Gasteiger partial charge in [-0.05, 0) is 37.1 Å². The van der Waals surface area contributed by atoms with Gasteiger partial charge >= 0.3 is 0 Å². The van der Waals surface area contributed by atoms with Crippen LogP contribution in [-0.2, 0) is 14.9 Å². The van der Waals surface area contributed by atoms with Crippen LogP contribution in [0.3, 0.4) is 0 Å². The van der Waals surface area contributed by atoms with Crippen LogP contribution < -0.4 is 5.32 Å². The SMILES string of the molecule is Cc1cc(NC(=O)C(Br)CBr)c(S(=O)(=O)O)cc1C. The topological polar surface area (TPSA) is 83.5 Å². The molecule has 0 saturated heterocycles. The molecule has 0 aliphatic rings. The van der Waals surface area contributed by atoms with Crippen molar-refractivity contribution in [1.82, 2.24) is 0 Å². The molecule has 0 bridgehead atoms. The Balaban J connectivity index is 3.27. The Hall–Kier alpha value is -0.440. The molecule has 1 unspecified atom stereocenters.